The Bertz CT molecular complexity index is 1250. The van der Waals surface area contributed by atoms with E-state index in [1.807, 2.05) is 6.92 Å². The van der Waals surface area contributed by atoms with Crippen molar-refractivity contribution in [1.82, 2.24) is 15.0 Å². The Morgan fingerprint density at radius 1 is 1.29 bits per heavy atom. The third-order valence-electron chi connectivity index (χ3n) is 6.00. The van der Waals surface area contributed by atoms with Crippen LogP contribution in [0, 0.1) is 6.92 Å². The lowest BCUT2D eigenvalue weighted by atomic mass is 10.0. The SMILES string of the molecule is Cc1nc(N[C@H](C)c2cccc3c2OCC3(F)F)c2cc(CCC[C@@H](O)CCO)c(=O)[nH]c2n1. The number of aryl methyl sites for hydroxylation is 2. The molecule has 0 saturated carbocycles. The number of hydrogen-bond acceptors (Lipinski definition) is 7. The van der Waals surface area contributed by atoms with Gasteiger partial charge in [0.1, 0.15) is 23.0 Å². The van der Waals surface area contributed by atoms with Gasteiger partial charge in [0.05, 0.1) is 23.1 Å². The van der Waals surface area contributed by atoms with Gasteiger partial charge in [-0.3, -0.25) is 4.79 Å². The lowest BCUT2D eigenvalue weighted by Gasteiger charge is -2.19. The predicted molar refractivity (Wildman–Crippen MR) is 123 cm³/mol. The fraction of sp³-hybridized carbons (Fsp3) is 0.458. The number of benzene rings is 1. The molecule has 0 aliphatic carbocycles. The number of ether oxygens (including phenoxy) is 1. The van der Waals surface area contributed by atoms with Gasteiger partial charge >= 0.3 is 5.92 Å². The molecular formula is C24H28F2N4O4. The summed E-state index contributed by atoms with van der Waals surface area (Å²) in [5.74, 6) is -1.94. The molecule has 0 unspecified atom stereocenters. The molecule has 34 heavy (non-hydrogen) atoms. The van der Waals surface area contributed by atoms with Crippen LogP contribution in [-0.2, 0) is 12.3 Å². The average molecular weight is 475 g/mol. The Kier molecular flexibility index (Phi) is 6.81. The van der Waals surface area contributed by atoms with Crippen molar-refractivity contribution in [3.63, 3.8) is 0 Å². The number of anilines is 1. The molecule has 4 rings (SSSR count). The zero-order valence-electron chi connectivity index (χ0n) is 19.1. The number of H-pyrrole nitrogens is 1. The van der Waals surface area contributed by atoms with E-state index in [9.17, 15) is 18.7 Å². The highest BCUT2D eigenvalue weighted by atomic mass is 19.3. The van der Waals surface area contributed by atoms with E-state index in [4.69, 9.17) is 9.84 Å². The van der Waals surface area contributed by atoms with Gasteiger partial charge in [-0.2, -0.15) is 8.78 Å². The van der Waals surface area contributed by atoms with Crippen molar-refractivity contribution in [3.8, 4) is 5.75 Å². The molecule has 0 radical (unpaired) electrons. The number of fused-ring (bicyclic) bond motifs is 2. The molecule has 1 aliphatic heterocycles. The quantitative estimate of drug-likeness (QED) is 0.375. The monoisotopic (exact) mass is 474 g/mol. The molecule has 1 aliphatic rings. The van der Waals surface area contributed by atoms with Crippen LogP contribution in [0.2, 0.25) is 0 Å². The van der Waals surface area contributed by atoms with E-state index in [1.54, 1.807) is 25.1 Å². The second-order valence-corrected chi connectivity index (χ2v) is 8.65. The van der Waals surface area contributed by atoms with Crippen LogP contribution >= 0.6 is 0 Å². The fourth-order valence-corrected chi connectivity index (χ4v) is 4.23. The first-order valence-corrected chi connectivity index (χ1v) is 11.3. The first-order chi connectivity index (χ1) is 16.2. The Labute approximate surface area is 195 Å². The van der Waals surface area contributed by atoms with Crippen LogP contribution in [0.1, 0.15) is 54.7 Å². The van der Waals surface area contributed by atoms with Crippen LogP contribution in [0.4, 0.5) is 14.6 Å². The number of aliphatic hydroxyl groups is 2. The molecule has 3 aromatic rings. The van der Waals surface area contributed by atoms with Gasteiger partial charge in [0.25, 0.3) is 5.56 Å². The number of pyridine rings is 1. The molecule has 0 bridgehead atoms. The van der Waals surface area contributed by atoms with Gasteiger partial charge in [0.2, 0.25) is 0 Å². The molecular weight excluding hydrogens is 446 g/mol. The summed E-state index contributed by atoms with van der Waals surface area (Å²) in [6, 6.07) is 6.00. The van der Waals surface area contributed by atoms with Crippen molar-refractivity contribution >= 4 is 16.9 Å². The van der Waals surface area contributed by atoms with E-state index in [-0.39, 0.29) is 23.5 Å². The van der Waals surface area contributed by atoms with E-state index in [2.05, 4.69) is 20.3 Å². The Hall–Kier alpha value is -3.11. The number of alkyl halides is 2. The van der Waals surface area contributed by atoms with Crippen molar-refractivity contribution in [2.45, 2.75) is 57.6 Å². The first-order valence-electron chi connectivity index (χ1n) is 11.3. The zero-order chi connectivity index (χ0) is 24.5. The van der Waals surface area contributed by atoms with E-state index < -0.39 is 24.7 Å². The van der Waals surface area contributed by atoms with Crippen LogP contribution < -0.4 is 15.6 Å². The summed E-state index contributed by atoms with van der Waals surface area (Å²) in [6.45, 7) is 2.76. The Balaban J connectivity index is 1.62. The first kappa shape index (κ1) is 24.0. The second kappa shape index (κ2) is 9.63. The summed E-state index contributed by atoms with van der Waals surface area (Å²) in [5, 5.41) is 22.6. The third-order valence-corrected chi connectivity index (χ3v) is 6.00. The van der Waals surface area contributed by atoms with Crippen molar-refractivity contribution in [2.75, 3.05) is 18.5 Å². The van der Waals surface area contributed by atoms with Crippen LogP contribution in [0.3, 0.4) is 0 Å². The normalized spacial score (nSPS) is 16.2. The largest absolute Gasteiger partial charge is 0.486 e. The maximum Gasteiger partial charge on any atom is 0.310 e. The summed E-state index contributed by atoms with van der Waals surface area (Å²) in [7, 11) is 0. The summed E-state index contributed by atoms with van der Waals surface area (Å²) >= 11 is 0. The number of aliphatic hydroxyl groups excluding tert-OH is 2. The highest BCUT2D eigenvalue weighted by Gasteiger charge is 2.42. The molecule has 2 atom stereocenters. The minimum atomic E-state index is -3.03. The standard InChI is InChI=1S/C24H28F2N4O4/c1-13(17-7-4-8-19-20(17)34-12-24(19,25)26)27-21-18-11-15(5-3-6-16(32)9-10-31)23(33)30-22(18)29-14(2)28-21/h4,7-8,11,13,16,31-32H,3,5-6,9-10,12H2,1-2H3,(H2,27,28,29,30,33)/t13-,16-/m1/s1. The molecule has 4 N–H and O–H groups in total. The number of aromatic amines is 1. The molecule has 3 heterocycles. The van der Waals surface area contributed by atoms with E-state index in [0.717, 1.165) is 0 Å². The molecule has 0 amide bonds. The fourth-order valence-electron chi connectivity index (χ4n) is 4.23. The highest BCUT2D eigenvalue weighted by molar-refractivity contribution is 5.87. The maximum absolute atomic E-state index is 14.1. The highest BCUT2D eigenvalue weighted by Crippen LogP contribution is 2.45. The number of nitrogens with zero attached hydrogens (tertiary/aromatic N) is 2. The average Bonchev–Trinajstić information content (AvgIpc) is 3.09. The molecule has 0 fully saturated rings. The lowest BCUT2D eigenvalue weighted by molar-refractivity contribution is -0.0214. The summed E-state index contributed by atoms with van der Waals surface area (Å²) in [6.07, 6.45) is 1.16. The van der Waals surface area contributed by atoms with E-state index >= 15 is 0 Å². The van der Waals surface area contributed by atoms with E-state index in [1.165, 1.54) is 6.07 Å². The van der Waals surface area contributed by atoms with Gasteiger partial charge < -0.3 is 25.3 Å². The van der Waals surface area contributed by atoms with Crippen LogP contribution in [0.25, 0.3) is 11.0 Å². The molecule has 1 aromatic carbocycles. The van der Waals surface area contributed by atoms with Crippen molar-refractivity contribution in [3.05, 3.63) is 57.1 Å². The number of hydrogen-bond donors (Lipinski definition) is 4. The van der Waals surface area contributed by atoms with Gasteiger partial charge in [-0.1, -0.05) is 12.1 Å². The molecule has 0 saturated heterocycles. The Morgan fingerprint density at radius 3 is 2.85 bits per heavy atom. The van der Waals surface area contributed by atoms with Gasteiger partial charge in [0.15, 0.2) is 6.61 Å². The summed E-state index contributed by atoms with van der Waals surface area (Å²) < 4.78 is 33.6. The van der Waals surface area contributed by atoms with Crippen molar-refractivity contribution in [2.24, 2.45) is 0 Å². The smallest absolute Gasteiger partial charge is 0.310 e. The Morgan fingerprint density at radius 2 is 2.09 bits per heavy atom. The van der Waals surface area contributed by atoms with Crippen molar-refractivity contribution in [1.29, 1.82) is 0 Å². The molecule has 0 spiro atoms. The van der Waals surface area contributed by atoms with Gasteiger partial charge in [0, 0.05) is 17.7 Å². The zero-order valence-corrected chi connectivity index (χ0v) is 19.1. The van der Waals surface area contributed by atoms with E-state index in [0.29, 0.717) is 59.5 Å². The number of nitrogens with one attached hydrogen (secondary N) is 2. The molecule has 8 nitrogen and oxygen atoms in total. The topological polar surface area (TPSA) is 120 Å². The van der Waals surface area contributed by atoms with Crippen molar-refractivity contribution < 1.29 is 23.7 Å². The van der Waals surface area contributed by atoms with Crippen LogP contribution in [0.15, 0.2) is 29.1 Å². The van der Waals surface area contributed by atoms with Gasteiger partial charge in [-0.05, 0) is 51.7 Å². The molecule has 2 aromatic heterocycles. The minimum absolute atomic E-state index is 0.0884. The van der Waals surface area contributed by atoms with Crippen LogP contribution in [-0.4, -0.2) is 44.5 Å². The molecule has 182 valence electrons. The predicted octanol–water partition coefficient (Wildman–Crippen LogP) is 3.35. The number of halogens is 2. The van der Waals surface area contributed by atoms with Gasteiger partial charge in [-0.25, -0.2) is 9.97 Å². The molecule has 10 heteroatoms. The summed E-state index contributed by atoms with van der Waals surface area (Å²) in [5.41, 5.74) is 1.09. The number of aromatic nitrogens is 3. The minimum Gasteiger partial charge on any atom is -0.486 e. The summed E-state index contributed by atoms with van der Waals surface area (Å²) in [4.78, 5) is 24.2. The maximum atomic E-state index is 14.1. The lowest BCUT2D eigenvalue weighted by Crippen LogP contribution is -2.16. The third kappa shape index (κ3) is 4.88. The number of para-hydroxylation sites is 1. The van der Waals surface area contributed by atoms with Gasteiger partial charge in [-0.15, -0.1) is 0 Å². The second-order valence-electron chi connectivity index (χ2n) is 8.65. The van der Waals surface area contributed by atoms with Crippen LogP contribution in [0.5, 0.6) is 5.75 Å². The number of rotatable bonds is 9.